The SMILES string of the molecule is CCn1nc2c(cc1=O)C[C@@H](N)CC2. The Labute approximate surface area is 82.7 Å². The predicted molar refractivity (Wildman–Crippen MR) is 54.2 cm³/mol. The molecule has 0 bridgehead atoms. The summed E-state index contributed by atoms with van der Waals surface area (Å²) in [5.41, 5.74) is 7.91. The number of aromatic nitrogens is 2. The van der Waals surface area contributed by atoms with Crippen LogP contribution in [0.5, 0.6) is 0 Å². The maximum absolute atomic E-state index is 11.5. The second-order valence-electron chi connectivity index (χ2n) is 3.77. The van der Waals surface area contributed by atoms with Gasteiger partial charge in [-0.3, -0.25) is 4.79 Å². The molecule has 1 aliphatic rings. The van der Waals surface area contributed by atoms with Gasteiger partial charge in [-0.05, 0) is 31.7 Å². The van der Waals surface area contributed by atoms with Crippen LogP contribution in [0.1, 0.15) is 24.6 Å². The molecule has 0 unspecified atom stereocenters. The fourth-order valence-electron chi connectivity index (χ4n) is 1.89. The lowest BCUT2D eigenvalue weighted by molar-refractivity contribution is 0.524. The number of rotatable bonds is 1. The van der Waals surface area contributed by atoms with Gasteiger partial charge >= 0.3 is 0 Å². The second kappa shape index (κ2) is 3.53. The van der Waals surface area contributed by atoms with Gasteiger partial charge in [0.25, 0.3) is 5.56 Å². The molecule has 0 aliphatic heterocycles. The van der Waals surface area contributed by atoms with Gasteiger partial charge in [-0.1, -0.05) is 0 Å². The number of aryl methyl sites for hydroxylation is 2. The van der Waals surface area contributed by atoms with E-state index in [0.29, 0.717) is 6.54 Å². The van der Waals surface area contributed by atoms with Crippen LogP contribution < -0.4 is 11.3 Å². The number of nitrogens with zero attached hydrogens (tertiary/aromatic N) is 2. The Kier molecular flexibility index (Phi) is 2.37. The minimum Gasteiger partial charge on any atom is -0.327 e. The highest BCUT2D eigenvalue weighted by Crippen LogP contribution is 2.16. The Morgan fingerprint density at radius 2 is 2.50 bits per heavy atom. The van der Waals surface area contributed by atoms with Crippen molar-refractivity contribution in [3.8, 4) is 0 Å². The van der Waals surface area contributed by atoms with Crippen molar-refractivity contribution < 1.29 is 0 Å². The van der Waals surface area contributed by atoms with E-state index in [-0.39, 0.29) is 11.6 Å². The van der Waals surface area contributed by atoms with E-state index in [1.807, 2.05) is 6.92 Å². The molecule has 2 N–H and O–H groups in total. The van der Waals surface area contributed by atoms with E-state index in [9.17, 15) is 4.79 Å². The molecule has 1 aromatic rings. The average Bonchev–Trinajstić information content (AvgIpc) is 2.16. The standard InChI is InChI=1S/C10H15N3O/c1-2-13-10(14)6-7-5-8(11)3-4-9(7)12-13/h6,8H,2-5,11H2,1H3/t8-/m0/s1. The zero-order valence-electron chi connectivity index (χ0n) is 8.36. The third-order valence-corrected chi connectivity index (χ3v) is 2.70. The highest BCUT2D eigenvalue weighted by atomic mass is 16.1. The average molecular weight is 193 g/mol. The molecule has 0 saturated heterocycles. The predicted octanol–water partition coefficient (Wildman–Crippen LogP) is 0.0792. The van der Waals surface area contributed by atoms with E-state index >= 15 is 0 Å². The van der Waals surface area contributed by atoms with Crippen molar-refractivity contribution in [1.82, 2.24) is 9.78 Å². The molecule has 1 atom stereocenters. The van der Waals surface area contributed by atoms with Crippen molar-refractivity contribution in [1.29, 1.82) is 0 Å². The number of fused-ring (bicyclic) bond motifs is 1. The van der Waals surface area contributed by atoms with E-state index in [0.717, 1.165) is 30.5 Å². The summed E-state index contributed by atoms with van der Waals surface area (Å²) in [5.74, 6) is 0. The van der Waals surface area contributed by atoms with Crippen LogP contribution in [0.25, 0.3) is 0 Å². The van der Waals surface area contributed by atoms with E-state index < -0.39 is 0 Å². The minimum atomic E-state index is -0.0136. The lowest BCUT2D eigenvalue weighted by atomic mass is 9.93. The molecule has 14 heavy (non-hydrogen) atoms. The van der Waals surface area contributed by atoms with Gasteiger partial charge in [0.05, 0.1) is 5.69 Å². The summed E-state index contributed by atoms with van der Waals surface area (Å²) in [4.78, 5) is 11.5. The first-order valence-corrected chi connectivity index (χ1v) is 5.06. The van der Waals surface area contributed by atoms with Gasteiger partial charge in [0.1, 0.15) is 0 Å². The Hall–Kier alpha value is -1.16. The Morgan fingerprint density at radius 1 is 1.71 bits per heavy atom. The lowest BCUT2D eigenvalue weighted by Gasteiger charge is -2.20. The maximum Gasteiger partial charge on any atom is 0.267 e. The third kappa shape index (κ3) is 1.57. The van der Waals surface area contributed by atoms with Gasteiger partial charge in [-0.2, -0.15) is 5.10 Å². The van der Waals surface area contributed by atoms with E-state index in [1.54, 1.807) is 6.07 Å². The normalized spacial score (nSPS) is 20.6. The molecule has 0 radical (unpaired) electrons. The largest absolute Gasteiger partial charge is 0.327 e. The second-order valence-corrected chi connectivity index (χ2v) is 3.77. The van der Waals surface area contributed by atoms with Crippen molar-refractivity contribution in [3.05, 3.63) is 27.7 Å². The zero-order valence-corrected chi connectivity index (χ0v) is 8.36. The summed E-state index contributed by atoms with van der Waals surface area (Å²) in [5, 5.41) is 4.31. The molecule has 0 saturated carbocycles. The van der Waals surface area contributed by atoms with Crippen molar-refractivity contribution in [2.75, 3.05) is 0 Å². The van der Waals surface area contributed by atoms with Gasteiger partial charge in [-0.25, -0.2) is 4.68 Å². The molecule has 0 aromatic carbocycles. The van der Waals surface area contributed by atoms with Crippen LogP contribution in [-0.2, 0) is 19.4 Å². The summed E-state index contributed by atoms with van der Waals surface area (Å²) < 4.78 is 1.51. The fourth-order valence-corrected chi connectivity index (χ4v) is 1.89. The van der Waals surface area contributed by atoms with Crippen LogP contribution in [0, 0.1) is 0 Å². The molecular weight excluding hydrogens is 178 g/mol. The molecule has 2 rings (SSSR count). The van der Waals surface area contributed by atoms with Crippen molar-refractivity contribution in [2.45, 2.75) is 38.8 Å². The quantitative estimate of drug-likeness (QED) is 0.687. The van der Waals surface area contributed by atoms with Crippen LogP contribution in [0.3, 0.4) is 0 Å². The highest BCUT2D eigenvalue weighted by molar-refractivity contribution is 5.22. The molecule has 4 heteroatoms. The van der Waals surface area contributed by atoms with Crippen LogP contribution >= 0.6 is 0 Å². The number of hydrogen-bond acceptors (Lipinski definition) is 3. The molecule has 1 aliphatic carbocycles. The lowest BCUT2D eigenvalue weighted by Crippen LogP contribution is -2.32. The van der Waals surface area contributed by atoms with Gasteiger partial charge in [0, 0.05) is 18.7 Å². The first-order chi connectivity index (χ1) is 6.70. The van der Waals surface area contributed by atoms with Gasteiger partial charge < -0.3 is 5.73 Å². The Balaban J connectivity index is 2.46. The first-order valence-electron chi connectivity index (χ1n) is 5.06. The molecule has 0 spiro atoms. The molecule has 0 amide bonds. The van der Waals surface area contributed by atoms with Gasteiger partial charge in [0.15, 0.2) is 0 Å². The molecule has 1 heterocycles. The number of nitrogens with two attached hydrogens (primary N) is 1. The van der Waals surface area contributed by atoms with Crippen molar-refractivity contribution in [3.63, 3.8) is 0 Å². The summed E-state index contributed by atoms with van der Waals surface area (Å²) in [7, 11) is 0. The van der Waals surface area contributed by atoms with Crippen molar-refractivity contribution >= 4 is 0 Å². The van der Waals surface area contributed by atoms with Gasteiger partial charge in [-0.15, -0.1) is 0 Å². The van der Waals surface area contributed by atoms with Crippen molar-refractivity contribution in [2.24, 2.45) is 5.73 Å². The fraction of sp³-hybridized carbons (Fsp3) is 0.600. The summed E-state index contributed by atoms with van der Waals surface area (Å²) in [6.45, 7) is 2.56. The van der Waals surface area contributed by atoms with Crippen LogP contribution in [-0.4, -0.2) is 15.8 Å². The van der Waals surface area contributed by atoms with Crippen LogP contribution in [0.15, 0.2) is 10.9 Å². The minimum absolute atomic E-state index is 0.0136. The summed E-state index contributed by atoms with van der Waals surface area (Å²) in [6, 6.07) is 1.88. The maximum atomic E-state index is 11.5. The first kappa shape index (κ1) is 9.40. The third-order valence-electron chi connectivity index (χ3n) is 2.70. The molecular formula is C10H15N3O. The molecule has 0 fully saturated rings. The highest BCUT2D eigenvalue weighted by Gasteiger charge is 2.17. The molecule has 76 valence electrons. The molecule has 4 nitrogen and oxygen atoms in total. The van der Waals surface area contributed by atoms with E-state index in [4.69, 9.17) is 5.73 Å². The van der Waals surface area contributed by atoms with E-state index in [2.05, 4.69) is 5.10 Å². The monoisotopic (exact) mass is 193 g/mol. The topological polar surface area (TPSA) is 60.9 Å². The van der Waals surface area contributed by atoms with Crippen LogP contribution in [0.4, 0.5) is 0 Å². The Morgan fingerprint density at radius 3 is 3.21 bits per heavy atom. The summed E-state index contributed by atoms with van der Waals surface area (Å²) in [6.07, 6.45) is 2.67. The van der Waals surface area contributed by atoms with E-state index in [1.165, 1.54) is 4.68 Å². The summed E-state index contributed by atoms with van der Waals surface area (Å²) >= 11 is 0. The van der Waals surface area contributed by atoms with Crippen LogP contribution in [0.2, 0.25) is 0 Å². The molecule has 1 aromatic heterocycles. The van der Waals surface area contributed by atoms with Gasteiger partial charge in [0.2, 0.25) is 0 Å². The Bertz CT molecular complexity index is 397. The number of hydrogen-bond donors (Lipinski definition) is 1. The zero-order chi connectivity index (χ0) is 10.1. The smallest absolute Gasteiger partial charge is 0.267 e.